The van der Waals surface area contributed by atoms with E-state index in [0.717, 1.165) is 11.1 Å². The number of rotatable bonds is 5. The Kier molecular flexibility index (Phi) is 4.30. The van der Waals surface area contributed by atoms with Gasteiger partial charge >= 0.3 is 0 Å². The molecule has 1 atom stereocenters. The van der Waals surface area contributed by atoms with Gasteiger partial charge in [-0.25, -0.2) is 0 Å². The van der Waals surface area contributed by atoms with E-state index in [9.17, 15) is 9.59 Å². The molecular formula is C22H19N3O2. The minimum absolute atomic E-state index is 0.0833. The van der Waals surface area contributed by atoms with Crippen molar-refractivity contribution in [1.29, 1.82) is 0 Å². The summed E-state index contributed by atoms with van der Waals surface area (Å²) in [6, 6.07) is 20.4. The van der Waals surface area contributed by atoms with Gasteiger partial charge in [-0.3, -0.25) is 19.5 Å². The standard InChI is InChI=1S/C22H19N3O2/c23-22(17-9-6-12-24-14-17,13-16-7-2-1-3-8-16)15-25-20(26)18-10-4-5-11-19(18)21(25)27/h1-12,14H,13,15,23H2. The third-order valence-electron chi connectivity index (χ3n) is 4.92. The molecule has 1 aliphatic rings. The molecule has 0 radical (unpaired) electrons. The predicted octanol–water partition coefficient (Wildman–Crippen LogP) is 2.77. The van der Waals surface area contributed by atoms with Gasteiger partial charge in [0.1, 0.15) is 0 Å². The minimum atomic E-state index is -0.941. The molecule has 2 amide bonds. The van der Waals surface area contributed by atoms with E-state index in [4.69, 9.17) is 5.73 Å². The molecule has 5 heteroatoms. The summed E-state index contributed by atoms with van der Waals surface area (Å²) in [6.45, 7) is 0.0833. The maximum absolute atomic E-state index is 12.8. The first-order valence-corrected chi connectivity index (χ1v) is 8.77. The van der Waals surface area contributed by atoms with Crippen LogP contribution in [0.3, 0.4) is 0 Å². The molecular weight excluding hydrogens is 338 g/mol. The van der Waals surface area contributed by atoms with Gasteiger partial charge in [0, 0.05) is 12.4 Å². The topological polar surface area (TPSA) is 76.3 Å². The van der Waals surface area contributed by atoms with Gasteiger partial charge in [0.05, 0.1) is 23.2 Å². The summed E-state index contributed by atoms with van der Waals surface area (Å²) in [4.78, 5) is 31.0. The van der Waals surface area contributed by atoms with Gasteiger partial charge < -0.3 is 5.73 Å². The van der Waals surface area contributed by atoms with E-state index < -0.39 is 5.54 Å². The average Bonchev–Trinajstić information content (AvgIpc) is 2.94. The van der Waals surface area contributed by atoms with Crippen molar-refractivity contribution in [3.8, 4) is 0 Å². The maximum Gasteiger partial charge on any atom is 0.261 e. The highest BCUT2D eigenvalue weighted by Gasteiger charge is 2.41. The van der Waals surface area contributed by atoms with E-state index in [1.165, 1.54) is 4.90 Å². The molecule has 0 fully saturated rings. The number of hydrogen-bond acceptors (Lipinski definition) is 4. The fourth-order valence-electron chi connectivity index (χ4n) is 3.53. The van der Waals surface area contributed by atoms with E-state index in [1.807, 2.05) is 42.5 Å². The lowest BCUT2D eigenvalue weighted by molar-refractivity contribution is 0.0613. The minimum Gasteiger partial charge on any atom is -0.320 e. The SMILES string of the molecule is NC(Cc1ccccc1)(CN1C(=O)c2ccccc2C1=O)c1cccnc1. The Balaban J connectivity index is 1.70. The zero-order valence-corrected chi connectivity index (χ0v) is 14.7. The molecule has 27 heavy (non-hydrogen) atoms. The molecule has 1 unspecified atom stereocenters. The molecule has 0 aliphatic carbocycles. The lowest BCUT2D eigenvalue weighted by Gasteiger charge is -2.33. The summed E-state index contributed by atoms with van der Waals surface area (Å²) in [6.07, 6.45) is 3.85. The second-order valence-corrected chi connectivity index (χ2v) is 6.80. The molecule has 0 spiro atoms. The number of aromatic nitrogens is 1. The molecule has 2 aromatic carbocycles. The number of nitrogens with two attached hydrogens (primary N) is 1. The Morgan fingerprint density at radius 3 is 2.07 bits per heavy atom. The first-order chi connectivity index (χ1) is 13.1. The van der Waals surface area contributed by atoms with Crippen molar-refractivity contribution in [3.05, 3.63) is 101 Å². The van der Waals surface area contributed by atoms with Crippen LogP contribution in [0.4, 0.5) is 0 Å². The maximum atomic E-state index is 12.8. The molecule has 4 rings (SSSR count). The van der Waals surface area contributed by atoms with E-state index >= 15 is 0 Å². The number of fused-ring (bicyclic) bond motifs is 1. The number of hydrogen-bond donors (Lipinski definition) is 1. The number of amides is 2. The summed E-state index contributed by atoms with van der Waals surface area (Å²) in [5, 5.41) is 0. The summed E-state index contributed by atoms with van der Waals surface area (Å²) in [7, 11) is 0. The summed E-state index contributed by atoms with van der Waals surface area (Å²) >= 11 is 0. The number of nitrogens with zero attached hydrogens (tertiary/aromatic N) is 2. The lowest BCUT2D eigenvalue weighted by Crippen LogP contribution is -2.51. The van der Waals surface area contributed by atoms with Gasteiger partial charge in [-0.2, -0.15) is 0 Å². The first kappa shape index (κ1) is 17.1. The van der Waals surface area contributed by atoms with Crippen LogP contribution in [0, 0.1) is 0 Å². The monoisotopic (exact) mass is 357 g/mol. The predicted molar refractivity (Wildman–Crippen MR) is 102 cm³/mol. The van der Waals surface area contributed by atoms with Crippen LogP contribution in [0.2, 0.25) is 0 Å². The Hall–Kier alpha value is -3.31. The highest BCUT2D eigenvalue weighted by atomic mass is 16.2. The number of imide groups is 1. The van der Waals surface area contributed by atoms with Crippen LogP contribution in [0.5, 0.6) is 0 Å². The second kappa shape index (κ2) is 6.78. The molecule has 2 heterocycles. The van der Waals surface area contributed by atoms with Crippen LogP contribution < -0.4 is 5.73 Å². The fraction of sp³-hybridized carbons (Fsp3) is 0.136. The number of benzene rings is 2. The zero-order valence-electron chi connectivity index (χ0n) is 14.7. The van der Waals surface area contributed by atoms with Gasteiger partial charge in [0.15, 0.2) is 0 Å². The normalized spacial score (nSPS) is 15.5. The van der Waals surface area contributed by atoms with Gasteiger partial charge in [0.25, 0.3) is 11.8 Å². The van der Waals surface area contributed by atoms with Crippen LogP contribution in [0.1, 0.15) is 31.8 Å². The third-order valence-corrected chi connectivity index (χ3v) is 4.92. The lowest BCUT2D eigenvalue weighted by atomic mass is 9.85. The summed E-state index contributed by atoms with van der Waals surface area (Å²) in [5.41, 5.74) is 8.53. The van der Waals surface area contributed by atoms with Crippen molar-refractivity contribution in [3.63, 3.8) is 0 Å². The van der Waals surface area contributed by atoms with Crippen LogP contribution in [0.25, 0.3) is 0 Å². The first-order valence-electron chi connectivity index (χ1n) is 8.77. The van der Waals surface area contributed by atoms with Gasteiger partial charge in [-0.05, 0) is 35.7 Å². The Morgan fingerprint density at radius 2 is 1.48 bits per heavy atom. The summed E-state index contributed by atoms with van der Waals surface area (Å²) < 4.78 is 0. The number of carbonyl (C=O) groups excluding carboxylic acids is 2. The van der Waals surface area contributed by atoms with Crippen LogP contribution in [0.15, 0.2) is 79.1 Å². The van der Waals surface area contributed by atoms with Crippen molar-refractivity contribution >= 4 is 11.8 Å². The molecule has 1 aromatic heterocycles. The number of pyridine rings is 1. The third kappa shape index (κ3) is 3.13. The van der Waals surface area contributed by atoms with Gasteiger partial charge in [-0.15, -0.1) is 0 Å². The molecule has 0 saturated carbocycles. The van der Waals surface area contributed by atoms with Crippen LogP contribution >= 0.6 is 0 Å². The molecule has 5 nitrogen and oxygen atoms in total. The van der Waals surface area contributed by atoms with E-state index in [0.29, 0.717) is 17.5 Å². The highest BCUT2D eigenvalue weighted by Crippen LogP contribution is 2.29. The molecule has 0 saturated heterocycles. The van der Waals surface area contributed by atoms with Crippen molar-refractivity contribution in [2.75, 3.05) is 6.54 Å². The van der Waals surface area contributed by atoms with E-state index in [-0.39, 0.29) is 18.4 Å². The second-order valence-electron chi connectivity index (χ2n) is 6.80. The molecule has 2 N–H and O–H groups in total. The van der Waals surface area contributed by atoms with Crippen LogP contribution in [-0.2, 0) is 12.0 Å². The highest BCUT2D eigenvalue weighted by molar-refractivity contribution is 6.21. The quantitative estimate of drug-likeness (QED) is 0.713. The Bertz CT molecular complexity index is 954. The van der Waals surface area contributed by atoms with E-state index in [1.54, 1.807) is 36.7 Å². The summed E-state index contributed by atoms with van der Waals surface area (Å²) in [5.74, 6) is -0.607. The Morgan fingerprint density at radius 1 is 0.852 bits per heavy atom. The van der Waals surface area contributed by atoms with Crippen molar-refractivity contribution in [2.24, 2.45) is 5.73 Å². The molecule has 3 aromatic rings. The molecule has 0 bridgehead atoms. The smallest absolute Gasteiger partial charge is 0.261 e. The van der Waals surface area contributed by atoms with Crippen LogP contribution in [-0.4, -0.2) is 28.2 Å². The van der Waals surface area contributed by atoms with Crippen molar-refractivity contribution < 1.29 is 9.59 Å². The van der Waals surface area contributed by atoms with Gasteiger partial charge in [0.2, 0.25) is 0 Å². The Labute approximate surface area is 157 Å². The number of carbonyl (C=O) groups is 2. The van der Waals surface area contributed by atoms with Crippen molar-refractivity contribution in [2.45, 2.75) is 12.0 Å². The fourth-order valence-corrected chi connectivity index (χ4v) is 3.53. The molecule has 134 valence electrons. The van der Waals surface area contributed by atoms with Gasteiger partial charge in [-0.1, -0.05) is 48.5 Å². The average molecular weight is 357 g/mol. The van der Waals surface area contributed by atoms with E-state index in [2.05, 4.69) is 4.98 Å². The van der Waals surface area contributed by atoms with Crippen molar-refractivity contribution in [1.82, 2.24) is 9.88 Å². The largest absolute Gasteiger partial charge is 0.320 e. The zero-order chi connectivity index (χ0) is 18.9. The molecule has 1 aliphatic heterocycles.